The van der Waals surface area contributed by atoms with E-state index in [2.05, 4.69) is 37.3 Å². The van der Waals surface area contributed by atoms with Crippen LogP contribution in [0.4, 0.5) is 0 Å². The number of benzene rings is 3. The Morgan fingerprint density at radius 3 is 2.29 bits per heavy atom. The van der Waals surface area contributed by atoms with Gasteiger partial charge in [0.2, 0.25) is 5.69 Å². The molecule has 3 aromatic carbocycles. The number of aryl methyl sites for hydroxylation is 2. The third kappa shape index (κ3) is 8.17. The lowest BCUT2D eigenvalue weighted by Gasteiger charge is -2.19. The van der Waals surface area contributed by atoms with Crippen LogP contribution >= 0.6 is 23.2 Å². The highest BCUT2D eigenvalue weighted by Gasteiger charge is 2.18. The van der Waals surface area contributed by atoms with Crippen LogP contribution in [0.2, 0.25) is 10.0 Å². The number of hydrogen-bond acceptors (Lipinski definition) is 5. The Labute approximate surface area is 258 Å². The Balaban J connectivity index is 1.37. The van der Waals surface area contributed by atoms with E-state index < -0.39 is 0 Å². The van der Waals surface area contributed by atoms with E-state index in [1.54, 1.807) is 19.4 Å². The molecule has 0 aliphatic carbocycles. The summed E-state index contributed by atoms with van der Waals surface area (Å²) in [6.07, 6.45) is 3.80. The summed E-state index contributed by atoms with van der Waals surface area (Å²) in [7, 11) is 1.67. The summed E-state index contributed by atoms with van der Waals surface area (Å²) in [5.41, 5.74) is 13.5. The summed E-state index contributed by atoms with van der Waals surface area (Å²) in [5, 5.41) is 13.5. The van der Waals surface area contributed by atoms with Crippen LogP contribution in [0.5, 0.6) is 11.5 Å². The smallest absolute Gasteiger partial charge is 0.200 e. The lowest BCUT2D eigenvalue weighted by molar-refractivity contribution is -0.613. The van der Waals surface area contributed by atoms with Gasteiger partial charge >= 0.3 is 0 Å². The fraction of sp³-hybridized carbons (Fsp3) is 0.324. The SMILES string of the molecule is COCCCc1c(-c2ccc(C(CN)Cc3ccc(OCCOc4c(Cl)cc(C)cc4Cl)cc3)c(C)c2)ccc[n+]1[O-]. The van der Waals surface area contributed by atoms with Gasteiger partial charge in [-0.3, -0.25) is 0 Å². The lowest BCUT2D eigenvalue weighted by Crippen LogP contribution is -2.32. The van der Waals surface area contributed by atoms with Crippen molar-refractivity contribution in [1.29, 1.82) is 0 Å². The van der Waals surface area contributed by atoms with Gasteiger partial charge in [-0.2, -0.15) is 4.73 Å². The van der Waals surface area contributed by atoms with Crippen molar-refractivity contribution in [2.75, 3.05) is 33.5 Å². The van der Waals surface area contributed by atoms with E-state index in [1.807, 2.05) is 37.3 Å². The van der Waals surface area contributed by atoms with Gasteiger partial charge in [-0.25, -0.2) is 0 Å². The average molecular weight is 610 g/mol. The second-order valence-electron chi connectivity index (χ2n) is 10.4. The summed E-state index contributed by atoms with van der Waals surface area (Å²) < 4.78 is 17.7. The summed E-state index contributed by atoms with van der Waals surface area (Å²) in [4.78, 5) is 0. The molecule has 0 saturated heterocycles. The Bertz CT molecular complexity index is 1450. The standard InChI is InChI=1S/C34H38Cl2N2O4/c1-23-18-31(35)34(32(36)19-23)42-17-16-41-28-11-8-25(9-12-28)21-27(22-37)29-13-10-26(20-24(29)2)30-6-4-14-38(39)33(30)7-5-15-40-3/h4,6,8-14,18-20,27H,5,7,15-17,21-22,37H2,1-3H3. The van der Waals surface area contributed by atoms with E-state index in [0.717, 1.165) is 51.3 Å². The molecule has 1 heterocycles. The van der Waals surface area contributed by atoms with E-state index in [-0.39, 0.29) is 5.92 Å². The number of ether oxygens (including phenoxy) is 3. The first-order chi connectivity index (χ1) is 20.3. The summed E-state index contributed by atoms with van der Waals surface area (Å²) in [5.74, 6) is 1.39. The molecule has 1 aromatic heterocycles. The zero-order valence-corrected chi connectivity index (χ0v) is 25.9. The van der Waals surface area contributed by atoms with Gasteiger partial charge in [0.05, 0.1) is 15.6 Å². The van der Waals surface area contributed by atoms with Crippen molar-refractivity contribution < 1.29 is 18.9 Å². The predicted octanol–water partition coefficient (Wildman–Crippen LogP) is 7.23. The molecular weight excluding hydrogens is 571 g/mol. The van der Waals surface area contributed by atoms with Gasteiger partial charge < -0.3 is 25.2 Å². The quantitative estimate of drug-likeness (QED) is 0.0927. The molecule has 42 heavy (non-hydrogen) atoms. The topological polar surface area (TPSA) is 80.7 Å². The molecule has 222 valence electrons. The largest absolute Gasteiger partial charge is 0.618 e. The van der Waals surface area contributed by atoms with Crippen LogP contribution in [-0.2, 0) is 17.6 Å². The van der Waals surface area contributed by atoms with Crippen LogP contribution in [0.1, 0.15) is 40.3 Å². The molecular formula is C34H38Cl2N2O4. The molecule has 0 fully saturated rings. The maximum Gasteiger partial charge on any atom is 0.200 e. The third-order valence-electron chi connectivity index (χ3n) is 7.28. The molecule has 8 heteroatoms. The van der Waals surface area contributed by atoms with Gasteiger partial charge in [-0.05, 0) is 91.4 Å². The summed E-state index contributed by atoms with van der Waals surface area (Å²) >= 11 is 12.5. The van der Waals surface area contributed by atoms with Gasteiger partial charge in [-0.15, -0.1) is 0 Å². The van der Waals surface area contributed by atoms with Gasteiger partial charge in [0, 0.05) is 32.1 Å². The molecule has 0 amide bonds. The van der Waals surface area contributed by atoms with Gasteiger partial charge in [0.1, 0.15) is 19.0 Å². The molecule has 6 nitrogen and oxygen atoms in total. The lowest BCUT2D eigenvalue weighted by atomic mass is 9.87. The molecule has 0 aliphatic rings. The molecule has 1 unspecified atom stereocenters. The highest BCUT2D eigenvalue weighted by atomic mass is 35.5. The maximum atomic E-state index is 12.5. The first kappa shape index (κ1) is 31.6. The fourth-order valence-corrected chi connectivity index (χ4v) is 5.87. The minimum Gasteiger partial charge on any atom is -0.618 e. The van der Waals surface area contributed by atoms with Crippen molar-refractivity contribution in [2.24, 2.45) is 5.73 Å². The van der Waals surface area contributed by atoms with Crippen LogP contribution in [0.15, 0.2) is 72.9 Å². The second-order valence-corrected chi connectivity index (χ2v) is 11.2. The number of nitrogens with two attached hydrogens (primary N) is 1. The normalized spacial score (nSPS) is 11.9. The first-order valence-electron chi connectivity index (χ1n) is 14.1. The zero-order chi connectivity index (χ0) is 30.1. The number of halogens is 2. The monoisotopic (exact) mass is 608 g/mol. The molecule has 2 N–H and O–H groups in total. The number of aromatic nitrogens is 1. The van der Waals surface area contributed by atoms with Crippen LogP contribution in [0.25, 0.3) is 11.1 Å². The number of rotatable bonds is 14. The van der Waals surface area contributed by atoms with E-state index in [9.17, 15) is 5.21 Å². The highest BCUT2D eigenvalue weighted by Crippen LogP contribution is 2.34. The van der Waals surface area contributed by atoms with Gasteiger partial charge in [-0.1, -0.05) is 53.5 Å². The number of nitrogens with zero attached hydrogens (tertiary/aromatic N) is 1. The summed E-state index contributed by atoms with van der Waals surface area (Å²) in [6, 6.07) is 21.9. The molecule has 1 atom stereocenters. The van der Waals surface area contributed by atoms with Gasteiger partial charge in [0.25, 0.3) is 0 Å². The fourth-order valence-electron chi connectivity index (χ4n) is 5.17. The number of hydrogen-bond donors (Lipinski definition) is 1. The van der Waals surface area contributed by atoms with Crippen molar-refractivity contribution >= 4 is 23.2 Å². The van der Waals surface area contributed by atoms with Crippen LogP contribution in [-0.4, -0.2) is 33.5 Å². The van der Waals surface area contributed by atoms with E-state index >= 15 is 0 Å². The molecule has 4 aromatic rings. The van der Waals surface area contributed by atoms with E-state index in [1.165, 1.54) is 11.1 Å². The van der Waals surface area contributed by atoms with Crippen LogP contribution in [0.3, 0.4) is 0 Å². The van der Waals surface area contributed by atoms with Crippen molar-refractivity contribution in [3.8, 4) is 22.6 Å². The molecule has 0 spiro atoms. The second kappa shape index (κ2) is 15.3. The van der Waals surface area contributed by atoms with Crippen molar-refractivity contribution in [2.45, 2.75) is 39.0 Å². The highest BCUT2D eigenvalue weighted by molar-refractivity contribution is 6.37. The first-order valence-corrected chi connectivity index (χ1v) is 14.9. The van der Waals surface area contributed by atoms with Gasteiger partial charge in [0.15, 0.2) is 11.9 Å². The minimum absolute atomic E-state index is 0.157. The average Bonchev–Trinajstić information content (AvgIpc) is 2.97. The van der Waals surface area contributed by atoms with E-state index in [4.69, 9.17) is 43.1 Å². The number of pyridine rings is 1. The molecule has 0 aliphatic heterocycles. The number of methoxy groups -OCH3 is 1. The van der Waals surface area contributed by atoms with Crippen molar-refractivity contribution in [3.05, 3.63) is 116 Å². The molecule has 4 rings (SSSR count). The Hall–Kier alpha value is -3.29. The molecule has 0 saturated carbocycles. The molecule has 0 bridgehead atoms. The summed E-state index contributed by atoms with van der Waals surface area (Å²) in [6.45, 7) is 5.85. The third-order valence-corrected chi connectivity index (χ3v) is 7.84. The Morgan fingerprint density at radius 1 is 0.905 bits per heavy atom. The zero-order valence-electron chi connectivity index (χ0n) is 24.4. The maximum absolute atomic E-state index is 12.5. The Kier molecular flexibility index (Phi) is 11.5. The van der Waals surface area contributed by atoms with Crippen LogP contribution in [0, 0.1) is 19.1 Å². The van der Waals surface area contributed by atoms with Crippen LogP contribution < -0.4 is 19.9 Å². The van der Waals surface area contributed by atoms with Crippen molar-refractivity contribution in [3.63, 3.8) is 0 Å². The predicted molar refractivity (Wildman–Crippen MR) is 170 cm³/mol. The van der Waals surface area contributed by atoms with E-state index in [0.29, 0.717) is 48.6 Å². The van der Waals surface area contributed by atoms with Crippen molar-refractivity contribution in [1.82, 2.24) is 0 Å². The minimum atomic E-state index is 0.157. The Morgan fingerprint density at radius 2 is 1.62 bits per heavy atom. The molecule has 0 radical (unpaired) electrons.